The highest BCUT2D eigenvalue weighted by atomic mass is 16.5. The lowest BCUT2D eigenvalue weighted by Crippen LogP contribution is -2.11. The molecule has 0 atom stereocenters. The Bertz CT molecular complexity index is 408. The van der Waals surface area contributed by atoms with E-state index in [4.69, 9.17) is 4.74 Å². The summed E-state index contributed by atoms with van der Waals surface area (Å²) >= 11 is 0. The standard InChI is InChI=1S/C12H19N3O2/c1-8(2)11-10(12(16)17-3)13-14-15(11)7-6-9-4-5-9/h8-9H,4-7H2,1-3H3. The lowest BCUT2D eigenvalue weighted by molar-refractivity contribution is 0.0592. The van der Waals surface area contributed by atoms with Crippen LogP contribution in [0.15, 0.2) is 0 Å². The van der Waals surface area contributed by atoms with Crippen molar-refractivity contribution in [3.8, 4) is 0 Å². The van der Waals surface area contributed by atoms with Gasteiger partial charge in [-0.25, -0.2) is 9.48 Å². The fraction of sp³-hybridized carbons (Fsp3) is 0.750. The molecule has 1 aromatic rings. The van der Waals surface area contributed by atoms with Gasteiger partial charge in [-0.2, -0.15) is 0 Å². The minimum absolute atomic E-state index is 0.221. The zero-order chi connectivity index (χ0) is 12.4. The summed E-state index contributed by atoms with van der Waals surface area (Å²) in [6.07, 6.45) is 3.79. The highest BCUT2D eigenvalue weighted by Gasteiger charge is 2.25. The number of aromatic nitrogens is 3. The minimum Gasteiger partial charge on any atom is -0.464 e. The van der Waals surface area contributed by atoms with Gasteiger partial charge in [0.2, 0.25) is 0 Å². The van der Waals surface area contributed by atoms with E-state index in [9.17, 15) is 4.79 Å². The molecule has 94 valence electrons. The smallest absolute Gasteiger partial charge is 0.360 e. The van der Waals surface area contributed by atoms with E-state index in [0.29, 0.717) is 5.69 Å². The highest BCUT2D eigenvalue weighted by Crippen LogP contribution is 2.33. The molecule has 0 saturated heterocycles. The summed E-state index contributed by atoms with van der Waals surface area (Å²) in [7, 11) is 1.37. The third kappa shape index (κ3) is 2.65. The molecule has 0 aliphatic heterocycles. The van der Waals surface area contributed by atoms with Crippen molar-refractivity contribution < 1.29 is 9.53 Å². The number of aryl methyl sites for hydroxylation is 1. The number of methoxy groups -OCH3 is 1. The van der Waals surface area contributed by atoms with Gasteiger partial charge in [0.15, 0.2) is 5.69 Å². The molecule has 0 N–H and O–H groups in total. The minimum atomic E-state index is -0.397. The number of esters is 1. The molecule has 0 bridgehead atoms. The van der Waals surface area contributed by atoms with E-state index in [2.05, 4.69) is 10.3 Å². The van der Waals surface area contributed by atoms with Crippen LogP contribution in [0.5, 0.6) is 0 Å². The lowest BCUT2D eigenvalue weighted by atomic mass is 10.1. The van der Waals surface area contributed by atoms with Gasteiger partial charge in [0.1, 0.15) is 0 Å². The average Bonchev–Trinajstić information content (AvgIpc) is 3.03. The zero-order valence-corrected chi connectivity index (χ0v) is 10.6. The fourth-order valence-electron chi connectivity index (χ4n) is 2.01. The maximum atomic E-state index is 11.6. The Kier molecular flexibility index (Phi) is 3.45. The Hall–Kier alpha value is -1.39. The molecule has 1 aliphatic carbocycles. The molecule has 1 aliphatic rings. The van der Waals surface area contributed by atoms with Crippen LogP contribution in [0.3, 0.4) is 0 Å². The van der Waals surface area contributed by atoms with Crippen molar-refractivity contribution in [3.05, 3.63) is 11.4 Å². The second kappa shape index (κ2) is 4.85. The number of carbonyl (C=O) groups is 1. The molecular weight excluding hydrogens is 218 g/mol. The maximum Gasteiger partial charge on any atom is 0.360 e. The number of ether oxygens (including phenoxy) is 1. The van der Waals surface area contributed by atoms with Crippen LogP contribution in [0.2, 0.25) is 0 Å². The molecule has 1 aromatic heterocycles. The van der Waals surface area contributed by atoms with Crippen LogP contribution in [-0.4, -0.2) is 28.1 Å². The SMILES string of the molecule is COC(=O)c1nnn(CCC2CC2)c1C(C)C. The molecule has 1 fully saturated rings. The number of hydrogen-bond acceptors (Lipinski definition) is 4. The Morgan fingerprint density at radius 3 is 2.76 bits per heavy atom. The van der Waals surface area contributed by atoms with Gasteiger partial charge in [-0.15, -0.1) is 5.10 Å². The highest BCUT2D eigenvalue weighted by molar-refractivity contribution is 5.88. The van der Waals surface area contributed by atoms with Crippen molar-refractivity contribution in [1.29, 1.82) is 0 Å². The molecule has 0 amide bonds. The third-order valence-electron chi connectivity index (χ3n) is 3.15. The van der Waals surface area contributed by atoms with E-state index in [1.54, 1.807) is 0 Å². The molecule has 17 heavy (non-hydrogen) atoms. The largest absolute Gasteiger partial charge is 0.464 e. The van der Waals surface area contributed by atoms with Crippen LogP contribution in [0.4, 0.5) is 0 Å². The van der Waals surface area contributed by atoms with Crippen molar-refractivity contribution in [2.45, 2.75) is 45.6 Å². The Morgan fingerprint density at radius 2 is 2.24 bits per heavy atom. The number of rotatable bonds is 5. The Labute approximate surface area is 101 Å². The van der Waals surface area contributed by atoms with E-state index in [0.717, 1.165) is 24.6 Å². The predicted octanol–water partition coefficient (Wildman–Crippen LogP) is 1.99. The molecule has 1 heterocycles. The maximum absolute atomic E-state index is 11.6. The van der Waals surface area contributed by atoms with Crippen molar-refractivity contribution >= 4 is 5.97 Å². The van der Waals surface area contributed by atoms with E-state index in [-0.39, 0.29) is 5.92 Å². The van der Waals surface area contributed by atoms with Crippen molar-refractivity contribution in [1.82, 2.24) is 15.0 Å². The summed E-state index contributed by atoms with van der Waals surface area (Å²) in [5, 5.41) is 8.02. The van der Waals surface area contributed by atoms with Gasteiger partial charge in [-0.05, 0) is 18.3 Å². The fourth-order valence-corrected chi connectivity index (χ4v) is 2.01. The second-order valence-corrected chi connectivity index (χ2v) is 4.92. The van der Waals surface area contributed by atoms with Gasteiger partial charge in [0.05, 0.1) is 12.8 Å². The van der Waals surface area contributed by atoms with Gasteiger partial charge >= 0.3 is 5.97 Å². The normalized spacial score (nSPS) is 15.3. The first kappa shape index (κ1) is 12.1. The topological polar surface area (TPSA) is 57.0 Å². The van der Waals surface area contributed by atoms with Crippen LogP contribution in [-0.2, 0) is 11.3 Å². The van der Waals surface area contributed by atoms with E-state index in [1.165, 1.54) is 20.0 Å². The molecule has 0 radical (unpaired) electrons. The molecule has 2 rings (SSSR count). The molecular formula is C12H19N3O2. The quantitative estimate of drug-likeness (QED) is 0.735. The number of hydrogen-bond donors (Lipinski definition) is 0. The van der Waals surface area contributed by atoms with Crippen molar-refractivity contribution in [3.63, 3.8) is 0 Å². The molecule has 0 aromatic carbocycles. The first-order valence-corrected chi connectivity index (χ1v) is 6.15. The van der Waals surface area contributed by atoms with Crippen molar-refractivity contribution in [2.75, 3.05) is 7.11 Å². The van der Waals surface area contributed by atoms with Gasteiger partial charge in [-0.3, -0.25) is 0 Å². The van der Waals surface area contributed by atoms with Crippen LogP contribution in [0.25, 0.3) is 0 Å². The summed E-state index contributed by atoms with van der Waals surface area (Å²) in [4.78, 5) is 11.6. The van der Waals surface area contributed by atoms with Crippen LogP contribution in [0, 0.1) is 5.92 Å². The second-order valence-electron chi connectivity index (χ2n) is 4.92. The van der Waals surface area contributed by atoms with Gasteiger partial charge in [0.25, 0.3) is 0 Å². The van der Waals surface area contributed by atoms with Gasteiger partial charge < -0.3 is 4.74 Å². The van der Waals surface area contributed by atoms with E-state index in [1.807, 2.05) is 18.5 Å². The van der Waals surface area contributed by atoms with Crippen molar-refractivity contribution in [2.24, 2.45) is 5.92 Å². The average molecular weight is 237 g/mol. The molecule has 0 unspecified atom stereocenters. The third-order valence-corrected chi connectivity index (χ3v) is 3.15. The molecule has 1 saturated carbocycles. The lowest BCUT2D eigenvalue weighted by Gasteiger charge is -2.09. The van der Waals surface area contributed by atoms with Crippen LogP contribution >= 0.6 is 0 Å². The summed E-state index contributed by atoms with van der Waals surface area (Å²) in [5.41, 5.74) is 1.25. The summed E-state index contributed by atoms with van der Waals surface area (Å²) in [6.45, 7) is 4.93. The molecule has 5 nitrogen and oxygen atoms in total. The molecule has 5 heteroatoms. The van der Waals surface area contributed by atoms with Gasteiger partial charge in [-0.1, -0.05) is 31.9 Å². The summed E-state index contributed by atoms with van der Waals surface area (Å²) < 4.78 is 6.58. The van der Waals surface area contributed by atoms with Gasteiger partial charge in [0, 0.05) is 6.54 Å². The van der Waals surface area contributed by atoms with E-state index < -0.39 is 5.97 Å². The number of carbonyl (C=O) groups excluding carboxylic acids is 1. The summed E-state index contributed by atoms with van der Waals surface area (Å²) in [5.74, 6) is 0.672. The first-order chi connectivity index (χ1) is 8.13. The summed E-state index contributed by atoms with van der Waals surface area (Å²) in [6, 6.07) is 0. The Morgan fingerprint density at radius 1 is 1.53 bits per heavy atom. The van der Waals surface area contributed by atoms with Crippen LogP contribution < -0.4 is 0 Å². The van der Waals surface area contributed by atoms with Crippen LogP contribution in [0.1, 0.15) is 55.2 Å². The zero-order valence-electron chi connectivity index (χ0n) is 10.6. The first-order valence-electron chi connectivity index (χ1n) is 6.15. The Balaban J connectivity index is 2.18. The monoisotopic (exact) mass is 237 g/mol. The van der Waals surface area contributed by atoms with E-state index >= 15 is 0 Å². The predicted molar refractivity (Wildman–Crippen MR) is 62.8 cm³/mol. The molecule has 0 spiro atoms. The number of nitrogens with zero attached hydrogens (tertiary/aromatic N) is 3.